The average molecular weight is 314 g/mol. The number of ether oxygens (including phenoxy) is 2. The molecule has 0 atom stereocenters. The standard InChI is InChI=1S/C17H14O6/c1-21-14-6-4-10-15(20)12(8-23-16(10)17(14)22-2)11-7-9(18)3-5-13(11)19/h3-8,18-19H,1-2H3. The van der Waals surface area contributed by atoms with Gasteiger partial charge in [0.2, 0.25) is 11.2 Å². The Morgan fingerprint density at radius 3 is 2.48 bits per heavy atom. The number of hydrogen-bond acceptors (Lipinski definition) is 6. The van der Waals surface area contributed by atoms with E-state index < -0.39 is 0 Å². The maximum Gasteiger partial charge on any atom is 0.204 e. The Balaban J connectivity index is 2.32. The van der Waals surface area contributed by atoms with Crippen molar-refractivity contribution in [2.45, 2.75) is 0 Å². The van der Waals surface area contributed by atoms with E-state index in [9.17, 15) is 15.0 Å². The highest BCUT2D eigenvalue weighted by atomic mass is 16.5. The van der Waals surface area contributed by atoms with Crippen LogP contribution in [0.2, 0.25) is 0 Å². The molecule has 0 bridgehead atoms. The van der Waals surface area contributed by atoms with Gasteiger partial charge in [-0.25, -0.2) is 0 Å². The minimum absolute atomic E-state index is 0.0652. The Hall–Kier alpha value is -3.15. The summed E-state index contributed by atoms with van der Waals surface area (Å²) in [5, 5.41) is 19.8. The summed E-state index contributed by atoms with van der Waals surface area (Å²) in [6.07, 6.45) is 1.22. The van der Waals surface area contributed by atoms with Gasteiger partial charge in [-0.15, -0.1) is 0 Å². The van der Waals surface area contributed by atoms with Crippen molar-refractivity contribution in [1.82, 2.24) is 0 Å². The number of rotatable bonds is 3. The summed E-state index contributed by atoms with van der Waals surface area (Å²) >= 11 is 0. The molecule has 23 heavy (non-hydrogen) atoms. The third-order valence-corrected chi connectivity index (χ3v) is 3.55. The first-order valence-corrected chi connectivity index (χ1v) is 6.75. The van der Waals surface area contributed by atoms with Crippen molar-refractivity contribution in [3.8, 4) is 34.1 Å². The van der Waals surface area contributed by atoms with Crippen LogP contribution in [0.25, 0.3) is 22.1 Å². The smallest absolute Gasteiger partial charge is 0.204 e. The molecule has 0 saturated carbocycles. The predicted octanol–water partition coefficient (Wildman–Crippen LogP) is 2.89. The third-order valence-electron chi connectivity index (χ3n) is 3.55. The van der Waals surface area contributed by atoms with Gasteiger partial charge in [0.05, 0.1) is 25.2 Å². The zero-order valence-corrected chi connectivity index (χ0v) is 12.5. The molecule has 6 nitrogen and oxygen atoms in total. The van der Waals surface area contributed by atoms with Gasteiger partial charge in [-0.05, 0) is 30.3 Å². The van der Waals surface area contributed by atoms with Gasteiger partial charge < -0.3 is 24.1 Å². The molecule has 1 heterocycles. The second-order valence-electron chi connectivity index (χ2n) is 4.86. The molecule has 0 saturated heterocycles. The van der Waals surface area contributed by atoms with Gasteiger partial charge in [0.25, 0.3) is 0 Å². The van der Waals surface area contributed by atoms with Crippen molar-refractivity contribution in [2.24, 2.45) is 0 Å². The Morgan fingerprint density at radius 1 is 1.00 bits per heavy atom. The summed E-state index contributed by atoms with van der Waals surface area (Å²) in [5.74, 6) is 0.560. The normalized spacial score (nSPS) is 10.7. The molecule has 3 rings (SSSR count). The Labute approximate surface area is 131 Å². The van der Waals surface area contributed by atoms with Gasteiger partial charge in [0.1, 0.15) is 17.8 Å². The molecule has 0 aliphatic heterocycles. The molecule has 2 N–H and O–H groups in total. The fourth-order valence-electron chi connectivity index (χ4n) is 2.44. The number of fused-ring (bicyclic) bond motifs is 1. The lowest BCUT2D eigenvalue weighted by Crippen LogP contribution is -2.06. The highest BCUT2D eigenvalue weighted by Gasteiger charge is 2.18. The first-order valence-electron chi connectivity index (χ1n) is 6.75. The van der Waals surface area contributed by atoms with Gasteiger partial charge in [-0.3, -0.25) is 4.79 Å². The van der Waals surface area contributed by atoms with Gasteiger partial charge in [-0.2, -0.15) is 0 Å². The van der Waals surface area contributed by atoms with Gasteiger partial charge in [0, 0.05) is 5.56 Å². The lowest BCUT2D eigenvalue weighted by molar-refractivity contribution is 0.353. The number of benzene rings is 2. The molecule has 3 aromatic rings. The van der Waals surface area contributed by atoms with Crippen LogP contribution in [0.15, 0.2) is 45.8 Å². The molecule has 6 heteroatoms. The van der Waals surface area contributed by atoms with Crippen molar-refractivity contribution < 1.29 is 24.1 Å². The topological polar surface area (TPSA) is 89.1 Å². The number of phenols is 2. The molecule has 0 aliphatic rings. The van der Waals surface area contributed by atoms with Crippen LogP contribution in [0, 0.1) is 0 Å². The molecule has 0 unspecified atom stereocenters. The van der Waals surface area contributed by atoms with Gasteiger partial charge in [-0.1, -0.05) is 0 Å². The van der Waals surface area contributed by atoms with Crippen molar-refractivity contribution in [3.05, 3.63) is 46.8 Å². The summed E-state index contributed by atoms with van der Waals surface area (Å²) < 4.78 is 16.0. The molecule has 0 aliphatic carbocycles. The second kappa shape index (κ2) is 5.57. The van der Waals surface area contributed by atoms with Crippen LogP contribution in [0.4, 0.5) is 0 Å². The lowest BCUT2D eigenvalue weighted by Gasteiger charge is -2.10. The fourth-order valence-corrected chi connectivity index (χ4v) is 2.44. The van der Waals surface area contributed by atoms with Gasteiger partial charge >= 0.3 is 0 Å². The SMILES string of the molecule is COc1ccc2c(=O)c(-c3cc(O)ccc3O)coc2c1OC. The third kappa shape index (κ3) is 2.34. The first kappa shape index (κ1) is 14.8. The van der Waals surface area contributed by atoms with Gasteiger partial charge in [0.15, 0.2) is 11.3 Å². The van der Waals surface area contributed by atoms with E-state index >= 15 is 0 Å². The highest BCUT2D eigenvalue weighted by molar-refractivity contribution is 5.89. The van der Waals surface area contributed by atoms with Crippen LogP contribution in [0.1, 0.15) is 0 Å². The second-order valence-corrected chi connectivity index (χ2v) is 4.86. The highest BCUT2D eigenvalue weighted by Crippen LogP contribution is 2.36. The van der Waals surface area contributed by atoms with Crippen LogP contribution in [-0.2, 0) is 0 Å². The molecule has 0 spiro atoms. The van der Waals surface area contributed by atoms with E-state index in [0.717, 1.165) is 0 Å². The number of hydrogen-bond donors (Lipinski definition) is 2. The average Bonchev–Trinajstić information content (AvgIpc) is 2.56. The van der Waals surface area contributed by atoms with E-state index in [0.29, 0.717) is 11.5 Å². The van der Waals surface area contributed by atoms with E-state index in [-0.39, 0.29) is 39.0 Å². The minimum Gasteiger partial charge on any atom is -0.508 e. The van der Waals surface area contributed by atoms with Crippen LogP contribution < -0.4 is 14.9 Å². The summed E-state index contributed by atoms with van der Waals surface area (Å²) in [6, 6.07) is 7.10. The van der Waals surface area contributed by atoms with Crippen LogP contribution in [0.3, 0.4) is 0 Å². The molecule has 0 amide bonds. The zero-order chi connectivity index (χ0) is 16.6. The van der Waals surface area contributed by atoms with Crippen molar-refractivity contribution in [1.29, 1.82) is 0 Å². The molecule has 118 valence electrons. The van der Waals surface area contributed by atoms with Crippen LogP contribution in [-0.4, -0.2) is 24.4 Å². The Bertz CT molecular complexity index is 942. The predicted molar refractivity (Wildman–Crippen MR) is 84.4 cm³/mol. The molecule has 1 aromatic heterocycles. The van der Waals surface area contributed by atoms with E-state index in [1.807, 2.05) is 0 Å². The fraction of sp³-hybridized carbons (Fsp3) is 0.118. The monoisotopic (exact) mass is 314 g/mol. The quantitative estimate of drug-likeness (QED) is 0.723. The number of methoxy groups -OCH3 is 2. The van der Waals surface area contributed by atoms with Crippen molar-refractivity contribution >= 4 is 11.0 Å². The zero-order valence-electron chi connectivity index (χ0n) is 12.5. The Kier molecular flexibility index (Phi) is 3.57. The molecule has 0 fully saturated rings. The first-order chi connectivity index (χ1) is 11.1. The van der Waals surface area contributed by atoms with E-state index in [1.165, 1.54) is 38.7 Å². The van der Waals surface area contributed by atoms with E-state index in [2.05, 4.69) is 0 Å². The molecular weight excluding hydrogens is 300 g/mol. The number of aromatic hydroxyl groups is 2. The van der Waals surface area contributed by atoms with Crippen molar-refractivity contribution in [3.63, 3.8) is 0 Å². The summed E-state index contributed by atoms with van der Waals surface area (Å²) in [4.78, 5) is 12.7. The molecular formula is C17H14O6. The number of phenolic OH excluding ortho intramolecular Hbond substituents is 2. The minimum atomic E-state index is -0.354. The molecule has 0 radical (unpaired) electrons. The van der Waals surface area contributed by atoms with E-state index in [1.54, 1.807) is 12.1 Å². The van der Waals surface area contributed by atoms with Crippen LogP contribution >= 0.6 is 0 Å². The molecule has 2 aromatic carbocycles. The van der Waals surface area contributed by atoms with Crippen LogP contribution in [0.5, 0.6) is 23.0 Å². The van der Waals surface area contributed by atoms with E-state index in [4.69, 9.17) is 13.9 Å². The summed E-state index contributed by atoms with van der Waals surface area (Å²) in [6.45, 7) is 0. The summed E-state index contributed by atoms with van der Waals surface area (Å²) in [7, 11) is 2.94. The Morgan fingerprint density at radius 2 is 1.78 bits per heavy atom. The maximum atomic E-state index is 12.7. The van der Waals surface area contributed by atoms with Crippen molar-refractivity contribution in [2.75, 3.05) is 14.2 Å². The maximum absolute atomic E-state index is 12.7. The summed E-state index contributed by atoms with van der Waals surface area (Å²) in [5.41, 5.74) is 0.224. The lowest BCUT2D eigenvalue weighted by atomic mass is 10.0. The largest absolute Gasteiger partial charge is 0.508 e.